The maximum atomic E-state index is 5.60. The Morgan fingerprint density at radius 1 is 1.31 bits per heavy atom. The van der Waals surface area contributed by atoms with Crippen LogP contribution < -0.4 is 5.73 Å². The molecule has 72 valence electrons. The van der Waals surface area contributed by atoms with Crippen LogP contribution in [0.25, 0.3) is 0 Å². The van der Waals surface area contributed by atoms with E-state index in [1.54, 1.807) is 0 Å². The normalized spacial score (nSPS) is 12.8. The predicted molar refractivity (Wildman–Crippen MR) is 54.6 cm³/mol. The second kappa shape index (κ2) is 5.00. The van der Waals surface area contributed by atoms with Gasteiger partial charge in [0.1, 0.15) is 0 Å². The average Bonchev–Trinajstić information content (AvgIpc) is 2.16. The molecule has 0 bridgehead atoms. The van der Waals surface area contributed by atoms with Crippen LogP contribution in [-0.4, -0.2) is 13.2 Å². The summed E-state index contributed by atoms with van der Waals surface area (Å²) in [6.07, 6.45) is 0.0469. The van der Waals surface area contributed by atoms with Gasteiger partial charge in [-0.25, -0.2) is 0 Å². The number of hydrogen-bond donors (Lipinski definition) is 1. The highest BCUT2D eigenvalue weighted by molar-refractivity contribution is 5.23. The zero-order chi connectivity index (χ0) is 9.68. The van der Waals surface area contributed by atoms with E-state index < -0.39 is 0 Å². The molecule has 0 fully saturated rings. The number of nitrogens with two attached hydrogens (primary N) is 1. The van der Waals surface area contributed by atoms with Gasteiger partial charge in [-0.3, -0.25) is 0 Å². The van der Waals surface area contributed by atoms with Crippen molar-refractivity contribution in [3.05, 3.63) is 35.4 Å². The van der Waals surface area contributed by atoms with Crippen LogP contribution in [0.4, 0.5) is 0 Å². The molecule has 0 aromatic heterocycles. The van der Waals surface area contributed by atoms with Crippen LogP contribution in [0.15, 0.2) is 24.3 Å². The summed E-state index contributed by atoms with van der Waals surface area (Å²) < 4.78 is 5.49. The fraction of sp³-hybridized carbons (Fsp3) is 0.455. The molecular formula is C11H17NO. The summed E-state index contributed by atoms with van der Waals surface area (Å²) in [7, 11) is 0. The highest BCUT2D eigenvalue weighted by Gasteiger charge is 2.07. The topological polar surface area (TPSA) is 35.2 Å². The molecule has 0 saturated carbocycles. The lowest BCUT2D eigenvalue weighted by atomic mass is 10.1. The number of rotatable bonds is 4. The largest absolute Gasteiger partial charge is 0.372 e. The molecule has 0 spiro atoms. The van der Waals surface area contributed by atoms with E-state index in [2.05, 4.69) is 31.2 Å². The smallest absolute Gasteiger partial charge is 0.0946 e. The minimum Gasteiger partial charge on any atom is -0.372 e. The second-order valence-electron chi connectivity index (χ2n) is 3.09. The van der Waals surface area contributed by atoms with Crippen LogP contribution in [-0.2, 0) is 4.74 Å². The number of aryl methyl sites for hydroxylation is 1. The van der Waals surface area contributed by atoms with Crippen molar-refractivity contribution in [2.45, 2.75) is 20.0 Å². The van der Waals surface area contributed by atoms with Gasteiger partial charge < -0.3 is 10.5 Å². The summed E-state index contributed by atoms with van der Waals surface area (Å²) >= 11 is 0. The maximum absolute atomic E-state index is 5.60. The van der Waals surface area contributed by atoms with Crippen LogP contribution in [0.1, 0.15) is 24.2 Å². The van der Waals surface area contributed by atoms with Crippen molar-refractivity contribution in [3.8, 4) is 0 Å². The Kier molecular flexibility index (Phi) is 3.93. The van der Waals surface area contributed by atoms with Gasteiger partial charge in [0.25, 0.3) is 0 Å². The van der Waals surface area contributed by atoms with E-state index >= 15 is 0 Å². The molecule has 0 unspecified atom stereocenters. The van der Waals surface area contributed by atoms with Gasteiger partial charge in [0.05, 0.1) is 6.10 Å². The lowest BCUT2D eigenvalue weighted by Gasteiger charge is -2.15. The van der Waals surface area contributed by atoms with Crippen LogP contribution >= 0.6 is 0 Å². The zero-order valence-corrected chi connectivity index (χ0v) is 8.29. The summed E-state index contributed by atoms with van der Waals surface area (Å²) in [5.41, 5.74) is 8.03. The van der Waals surface area contributed by atoms with Gasteiger partial charge in [0.2, 0.25) is 0 Å². The predicted octanol–water partition coefficient (Wildman–Crippen LogP) is 2.03. The second-order valence-corrected chi connectivity index (χ2v) is 3.09. The van der Waals surface area contributed by atoms with Gasteiger partial charge in [-0.1, -0.05) is 29.8 Å². The third-order valence-corrected chi connectivity index (χ3v) is 2.03. The van der Waals surface area contributed by atoms with Gasteiger partial charge in [0, 0.05) is 13.2 Å². The maximum Gasteiger partial charge on any atom is 0.0946 e. The Morgan fingerprint density at radius 2 is 1.92 bits per heavy atom. The van der Waals surface area contributed by atoms with E-state index in [1.807, 2.05) is 6.92 Å². The van der Waals surface area contributed by atoms with Crippen molar-refractivity contribution in [2.24, 2.45) is 5.73 Å². The van der Waals surface area contributed by atoms with Crippen molar-refractivity contribution in [2.75, 3.05) is 13.2 Å². The Balaban J connectivity index is 2.73. The van der Waals surface area contributed by atoms with Gasteiger partial charge in [0.15, 0.2) is 0 Å². The van der Waals surface area contributed by atoms with E-state index in [0.29, 0.717) is 13.2 Å². The molecule has 0 aliphatic carbocycles. The minimum absolute atomic E-state index is 0.0469. The number of hydrogen-bond acceptors (Lipinski definition) is 2. The third kappa shape index (κ3) is 2.83. The van der Waals surface area contributed by atoms with Crippen molar-refractivity contribution < 1.29 is 4.74 Å². The average molecular weight is 179 g/mol. The first kappa shape index (κ1) is 10.2. The van der Waals surface area contributed by atoms with Crippen LogP contribution in [0.5, 0.6) is 0 Å². The van der Waals surface area contributed by atoms with Crippen molar-refractivity contribution in [1.82, 2.24) is 0 Å². The molecule has 2 N–H and O–H groups in total. The van der Waals surface area contributed by atoms with E-state index in [9.17, 15) is 0 Å². The Bertz CT molecular complexity index is 243. The Labute approximate surface area is 79.7 Å². The van der Waals surface area contributed by atoms with Crippen molar-refractivity contribution in [3.63, 3.8) is 0 Å². The molecule has 2 nitrogen and oxygen atoms in total. The Morgan fingerprint density at radius 3 is 2.38 bits per heavy atom. The molecule has 0 heterocycles. The summed E-state index contributed by atoms with van der Waals surface area (Å²) in [4.78, 5) is 0. The van der Waals surface area contributed by atoms with Gasteiger partial charge in [-0.2, -0.15) is 0 Å². The molecule has 0 amide bonds. The molecule has 1 atom stereocenters. The first-order valence-electron chi connectivity index (χ1n) is 4.66. The van der Waals surface area contributed by atoms with Crippen LogP contribution in [0.2, 0.25) is 0 Å². The molecule has 2 heteroatoms. The fourth-order valence-electron chi connectivity index (χ4n) is 1.28. The fourth-order valence-corrected chi connectivity index (χ4v) is 1.28. The lowest BCUT2D eigenvalue weighted by molar-refractivity contribution is 0.0688. The molecule has 0 aliphatic heterocycles. The van der Waals surface area contributed by atoms with Crippen molar-refractivity contribution in [1.29, 1.82) is 0 Å². The molecule has 0 saturated heterocycles. The minimum atomic E-state index is 0.0469. The first-order valence-corrected chi connectivity index (χ1v) is 4.66. The summed E-state index contributed by atoms with van der Waals surface area (Å²) in [5.74, 6) is 0. The standard InChI is InChI=1S/C11H17NO/c1-3-13-11(8-12)10-6-4-9(2)5-7-10/h4-7,11H,3,8,12H2,1-2H3/t11-/m1/s1. The van der Waals surface area contributed by atoms with Gasteiger partial charge in [-0.15, -0.1) is 0 Å². The summed E-state index contributed by atoms with van der Waals surface area (Å²) in [5, 5.41) is 0. The van der Waals surface area contributed by atoms with E-state index in [1.165, 1.54) is 5.56 Å². The number of benzene rings is 1. The summed E-state index contributed by atoms with van der Waals surface area (Å²) in [6, 6.07) is 8.30. The highest BCUT2D eigenvalue weighted by atomic mass is 16.5. The first-order chi connectivity index (χ1) is 6.27. The molecule has 0 aliphatic rings. The quantitative estimate of drug-likeness (QED) is 0.767. The summed E-state index contributed by atoms with van der Waals surface area (Å²) in [6.45, 7) is 5.30. The van der Waals surface area contributed by atoms with Gasteiger partial charge in [-0.05, 0) is 19.4 Å². The third-order valence-electron chi connectivity index (χ3n) is 2.03. The monoisotopic (exact) mass is 179 g/mol. The number of ether oxygens (including phenoxy) is 1. The molecule has 13 heavy (non-hydrogen) atoms. The molecule has 1 aromatic carbocycles. The molecule has 1 rings (SSSR count). The van der Waals surface area contributed by atoms with Crippen LogP contribution in [0, 0.1) is 6.92 Å². The van der Waals surface area contributed by atoms with Crippen molar-refractivity contribution >= 4 is 0 Å². The van der Waals surface area contributed by atoms with E-state index in [0.717, 1.165) is 5.56 Å². The van der Waals surface area contributed by atoms with Crippen LogP contribution in [0.3, 0.4) is 0 Å². The zero-order valence-electron chi connectivity index (χ0n) is 8.29. The lowest BCUT2D eigenvalue weighted by Crippen LogP contribution is -2.15. The molecular weight excluding hydrogens is 162 g/mol. The van der Waals surface area contributed by atoms with E-state index in [4.69, 9.17) is 10.5 Å². The van der Waals surface area contributed by atoms with Gasteiger partial charge >= 0.3 is 0 Å². The highest BCUT2D eigenvalue weighted by Crippen LogP contribution is 2.16. The van der Waals surface area contributed by atoms with E-state index in [-0.39, 0.29) is 6.10 Å². The molecule has 1 aromatic rings. The SMILES string of the molecule is CCO[C@H](CN)c1ccc(C)cc1. The molecule has 0 radical (unpaired) electrons. The Hall–Kier alpha value is -0.860.